The van der Waals surface area contributed by atoms with E-state index in [1.807, 2.05) is 54.5 Å². The van der Waals surface area contributed by atoms with Crippen LogP contribution in [0.4, 0.5) is 0 Å². The first-order chi connectivity index (χ1) is 19.0. The van der Waals surface area contributed by atoms with Crippen LogP contribution in [0.3, 0.4) is 0 Å². The Morgan fingerprint density at radius 1 is 1.15 bits per heavy atom. The van der Waals surface area contributed by atoms with Gasteiger partial charge in [-0.15, -0.1) is 10.2 Å². The molecule has 39 heavy (non-hydrogen) atoms. The number of H-pyrrole nitrogens is 1. The highest BCUT2D eigenvalue weighted by Gasteiger charge is 2.32. The number of allylic oxidation sites excluding steroid dienone is 2. The minimum atomic E-state index is -0.625. The van der Waals surface area contributed by atoms with E-state index in [2.05, 4.69) is 45.0 Å². The van der Waals surface area contributed by atoms with E-state index in [1.54, 1.807) is 28.3 Å². The van der Waals surface area contributed by atoms with Crippen molar-refractivity contribution in [1.82, 2.24) is 39.6 Å². The van der Waals surface area contributed by atoms with Gasteiger partial charge in [-0.25, -0.2) is 9.59 Å². The number of ether oxygens (including phenoxy) is 1. The summed E-state index contributed by atoms with van der Waals surface area (Å²) in [5.41, 5.74) is 2.20. The van der Waals surface area contributed by atoms with Crippen LogP contribution in [0.1, 0.15) is 48.3 Å². The van der Waals surface area contributed by atoms with Crippen LogP contribution in [0.15, 0.2) is 72.1 Å². The van der Waals surface area contributed by atoms with E-state index in [4.69, 9.17) is 4.74 Å². The number of aryl methyl sites for hydroxylation is 2. The fourth-order valence-corrected chi connectivity index (χ4v) is 4.98. The fraction of sp³-hybridized carbons (Fsp3) is 0.321. The van der Waals surface area contributed by atoms with E-state index in [0.717, 1.165) is 36.1 Å². The van der Waals surface area contributed by atoms with Crippen molar-refractivity contribution in [3.05, 3.63) is 94.6 Å². The van der Waals surface area contributed by atoms with E-state index >= 15 is 0 Å². The zero-order valence-electron chi connectivity index (χ0n) is 22.3. The molecular formula is C28H32N8O3. The second-order valence-electron chi connectivity index (χ2n) is 9.54. The van der Waals surface area contributed by atoms with Gasteiger partial charge in [-0.2, -0.15) is 5.21 Å². The third-order valence-corrected chi connectivity index (χ3v) is 6.99. The zero-order valence-corrected chi connectivity index (χ0v) is 22.3. The van der Waals surface area contributed by atoms with Crippen LogP contribution < -0.4 is 11.0 Å². The van der Waals surface area contributed by atoms with E-state index in [1.165, 1.54) is 0 Å². The van der Waals surface area contributed by atoms with Gasteiger partial charge in [0.25, 0.3) is 0 Å². The molecule has 0 spiro atoms. The summed E-state index contributed by atoms with van der Waals surface area (Å²) in [6.07, 6.45) is 14.1. The minimum absolute atomic E-state index is 0.220. The molecule has 0 saturated carbocycles. The SMILES string of the molecule is CCCCc1cn(-c2c(C(=O)OCC)ccn2C)c(=O)n1CC1(c2cccc(-c3nn[nH]n3)c2)C=CNC=C1. The third-order valence-electron chi connectivity index (χ3n) is 6.99. The van der Waals surface area contributed by atoms with Crippen LogP contribution in [0.2, 0.25) is 0 Å². The van der Waals surface area contributed by atoms with Gasteiger partial charge in [0.05, 0.1) is 12.0 Å². The normalized spacial score (nSPS) is 13.9. The number of hydrogen-bond acceptors (Lipinski definition) is 7. The standard InChI is InChI=1S/C28H32N8O3/c1-4-6-10-22-18-35(25-23(11-16-34(25)3)26(37)39-5-2)27(38)36(22)19-28(12-14-29-15-13-28)21-9-7-8-20(17-21)24-30-32-33-31-24/h7-9,11-18,29H,4-6,10,19H2,1-3H3,(H,30,31,32,33). The molecule has 0 aliphatic carbocycles. The molecule has 0 radical (unpaired) electrons. The van der Waals surface area contributed by atoms with Crippen molar-refractivity contribution in [2.45, 2.75) is 45.1 Å². The molecule has 1 aliphatic rings. The Morgan fingerprint density at radius 3 is 2.69 bits per heavy atom. The van der Waals surface area contributed by atoms with Crippen molar-refractivity contribution in [3.8, 4) is 17.2 Å². The molecule has 4 aromatic rings. The lowest BCUT2D eigenvalue weighted by Crippen LogP contribution is -2.36. The van der Waals surface area contributed by atoms with Gasteiger partial charge in [-0.3, -0.25) is 9.13 Å². The highest BCUT2D eigenvalue weighted by atomic mass is 16.5. The summed E-state index contributed by atoms with van der Waals surface area (Å²) in [6, 6.07) is 9.63. The van der Waals surface area contributed by atoms with Crippen molar-refractivity contribution in [3.63, 3.8) is 0 Å². The Morgan fingerprint density at radius 2 is 1.97 bits per heavy atom. The summed E-state index contributed by atoms with van der Waals surface area (Å²) >= 11 is 0. The van der Waals surface area contributed by atoms with Crippen LogP contribution in [0.5, 0.6) is 0 Å². The summed E-state index contributed by atoms with van der Waals surface area (Å²) in [4.78, 5) is 26.8. The quantitative estimate of drug-likeness (QED) is 0.303. The highest BCUT2D eigenvalue weighted by molar-refractivity contribution is 5.93. The highest BCUT2D eigenvalue weighted by Crippen LogP contribution is 2.33. The van der Waals surface area contributed by atoms with Crippen LogP contribution in [0, 0.1) is 0 Å². The molecule has 11 nitrogen and oxygen atoms in total. The van der Waals surface area contributed by atoms with E-state index in [0.29, 0.717) is 23.8 Å². The number of nitrogens with zero attached hydrogens (tertiary/aromatic N) is 6. The number of rotatable bonds is 10. The maximum Gasteiger partial charge on any atom is 0.341 e. The molecule has 0 atom stereocenters. The summed E-state index contributed by atoms with van der Waals surface area (Å²) < 4.78 is 10.4. The first-order valence-electron chi connectivity index (χ1n) is 13.1. The number of carbonyl (C=O) groups is 1. The van der Waals surface area contributed by atoms with Gasteiger partial charge in [-0.05, 0) is 55.1 Å². The number of benzene rings is 1. The lowest BCUT2D eigenvalue weighted by atomic mass is 9.78. The number of hydrogen-bond donors (Lipinski definition) is 2. The average molecular weight is 529 g/mol. The largest absolute Gasteiger partial charge is 0.462 e. The van der Waals surface area contributed by atoms with Crippen molar-refractivity contribution < 1.29 is 9.53 Å². The van der Waals surface area contributed by atoms with Gasteiger partial charge in [0.2, 0.25) is 5.82 Å². The number of tetrazole rings is 1. The maximum absolute atomic E-state index is 14.1. The third kappa shape index (κ3) is 4.95. The van der Waals surface area contributed by atoms with Gasteiger partial charge in [0.1, 0.15) is 11.4 Å². The molecule has 1 aliphatic heterocycles. The molecule has 0 fully saturated rings. The van der Waals surface area contributed by atoms with Crippen LogP contribution in [-0.2, 0) is 30.2 Å². The number of aromatic nitrogens is 7. The number of imidazole rings is 1. The van der Waals surface area contributed by atoms with Gasteiger partial charge >= 0.3 is 11.7 Å². The number of carbonyl (C=O) groups excluding carboxylic acids is 1. The zero-order chi connectivity index (χ0) is 27.4. The summed E-state index contributed by atoms with van der Waals surface area (Å²) in [5, 5.41) is 17.6. The number of esters is 1. The van der Waals surface area contributed by atoms with Crippen LogP contribution in [0.25, 0.3) is 17.2 Å². The van der Waals surface area contributed by atoms with E-state index in [9.17, 15) is 9.59 Å². The van der Waals surface area contributed by atoms with Crippen molar-refractivity contribution >= 4 is 5.97 Å². The van der Waals surface area contributed by atoms with Gasteiger partial charge in [-0.1, -0.05) is 43.7 Å². The molecule has 0 bridgehead atoms. The molecular weight excluding hydrogens is 496 g/mol. The van der Waals surface area contributed by atoms with Gasteiger partial charge in [0.15, 0.2) is 0 Å². The summed E-state index contributed by atoms with van der Waals surface area (Å²) in [5.74, 6) is 0.525. The molecule has 202 valence electrons. The van der Waals surface area contributed by atoms with Gasteiger partial charge < -0.3 is 14.6 Å². The molecule has 0 unspecified atom stereocenters. The summed E-state index contributed by atoms with van der Waals surface area (Å²) in [6.45, 7) is 4.50. The number of aromatic amines is 1. The summed E-state index contributed by atoms with van der Waals surface area (Å²) in [7, 11) is 1.82. The van der Waals surface area contributed by atoms with E-state index < -0.39 is 11.4 Å². The number of dihydropyridines is 1. The van der Waals surface area contributed by atoms with Crippen LogP contribution in [-0.4, -0.2) is 46.9 Å². The predicted octanol–water partition coefficient (Wildman–Crippen LogP) is 3.25. The first-order valence-corrected chi connectivity index (χ1v) is 13.1. The van der Waals surface area contributed by atoms with E-state index in [-0.39, 0.29) is 12.3 Å². The molecule has 3 aromatic heterocycles. The molecule has 2 N–H and O–H groups in total. The molecule has 11 heteroatoms. The molecule has 5 rings (SSSR count). The Balaban J connectivity index is 1.63. The lowest BCUT2D eigenvalue weighted by Gasteiger charge is -2.31. The monoisotopic (exact) mass is 528 g/mol. The number of nitrogens with one attached hydrogen (secondary N) is 2. The first kappa shape index (κ1) is 26.0. The topological polar surface area (TPSA) is 125 Å². The minimum Gasteiger partial charge on any atom is -0.462 e. The van der Waals surface area contributed by atoms with Crippen LogP contribution >= 0.6 is 0 Å². The molecule has 0 saturated heterocycles. The second kappa shape index (κ2) is 11.0. The maximum atomic E-state index is 14.1. The van der Waals surface area contributed by atoms with Crippen molar-refractivity contribution in [2.24, 2.45) is 7.05 Å². The lowest BCUT2D eigenvalue weighted by molar-refractivity contribution is 0.0526. The Kier molecular flexibility index (Phi) is 7.31. The Hall–Kier alpha value is -4.67. The molecule has 1 aromatic carbocycles. The average Bonchev–Trinajstić information content (AvgIpc) is 3.69. The number of unbranched alkanes of at least 4 members (excludes halogenated alkanes) is 1. The van der Waals surface area contributed by atoms with Crippen molar-refractivity contribution in [2.75, 3.05) is 6.61 Å². The Labute approximate surface area is 225 Å². The Bertz CT molecular complexity index is 1560. The van der Waals surface area contributed by atoms with Crippen molar-refractivity contribution in [1.29, 1.82) is 0 Å². The molecule has 4 heterocycles. The molecule has 0 amide bonds. The van der Waals surface area contributed by atoms with Gasteiger partial charge in [0, 0.05) is 37.2 Å². The smallest absolute Gasteiger partial charge is 0.341 e. The second-order valence-corrected chi connectivity index (χ2v) is 9.54. The fourth-order valence-electron chi connectivity index (χ4n) is 4.98. The predicted molar refractivity (Wildman–Crippen MR) is 146 cm³/mol.